The van der Waals surface area contributed by atoms with Crippen molar-refractivity contribution in [3.8, 4) is 0 Å². The highest BCUT2D eigenvalue weighted by molar-refractivity contribution is 7.89. The average molecular weight is 600 g/mol. The van der Waals surface area contributed by atoms with Crippen LogP contribution in [0.4, 0.5) is 0 Å². The second kappa shape index (κ2) is 10.6. The number of amides is 2. The minimum atomic E-state index is -4.16. The predicted octanol–water partition coefficient (Wildman–Crippen LogP) is 3.74. The molecule has 2 aromatic carbocycles. The second-order valence-electron chi connectivity index (χ2n) is 10.3. The van der Waals surface area contributed by atoms with Gasteiger partial charge in [-0.25, -0.2) is 8.42 Å². The van der Waals surface area contributed by atoms with Crippen molar-refractivity contribution in [1.82, 2.24) is 19.0 Å². The zero-order chi connectivity index (χ0) is 27.4. The maximum atomic E-state index is 14.1. The molecular weight excluding hydrogens is 571 g/mol. The molecule has 8 nitrogen and oxygen atoms in total. The Hall–Kier alpha value is -1.88. The van der Waals surface area contributed by atoms with Crippen LogP contribution in [-0.2, 0) is 26.0 Å². The van der Waals surface area contributed by atoms with Gasteiger partial charge in [0, 0.05) is 29.1 Å². The molecule has 2 heterocycles. The number of carbonyl (C=O) groups is 2. The number of likely N-dealkylation sites (N-methyl/N-ethyl adjacent to an activating group) is 1. The van der Waals surface area contributed by atoms with Gasteiger partial charge in [-0.15, -0.1) is 0 Å². The Morgan fingerprint density at radius 2 is 1.58 bits per heavy atom. The summed E-state index contributed by atoms with van der Waals surface area (Å²) in [6, 6.07) is 9.78. The fourth-order valence-electron chi connectivity index (χ4n) is 5.45. The SMILES string of the molecule is CN(C)C1CN(S(=O)(=O)c2ccc(Cl)cc2Cl)C2CN(C3CCC3)C(=O)C(Cc3ccc(Cl)cc3)N2C1=O. The molecule has 12 heteroatoms. The molecule has 2 aliphatic heterocycles. The van der Waals surface area contributed by atoms with Crippen LogP contribution in [0.1, 0.15) is 24.8 Å². The summed E-state index contributed by atoms with van der Waals surface area (Å²) in [5.74, 6) is -0.426. The molecule has 1 aliphatic carbocycles. The minimum absolute atomic E-state index is 0.00259. The number of sulfonamides is 1. The van der Waals surface area contributed by atoms with E-state index in [9.17, 15) is 18.0 Å². The molecule has 2 aromatic rings. The number of fused-ring (bicyclic) bond motifs is 1. The van der Waals surface area contributed by atoms with E-state index in [1.165, 1.54) is 27.4 Å². The standard InChI is InChI=1S/C26H29Cl3N4O4S/c1-30(2)22-14-32(38(36,37)23-11-10-18(28)13-20(23)29)24-15-31(19-4-3-5-19)25(34)21(33(24)26(22)35)12-16-6-8-17(27)9-7-16/h6-11,13,19,21-22,24H,3-5,12,14-15H2,1-2H3. The van der Waals surface area contributed by atoms with Crippen molar-refractivity contribution in [2.24, 2.45) is 0 Å². The third-order valence-corrected chi connectivity index (χ3v) is 10.6. The molecule has 2 amide bonds. The van der Waals surface area contributed by atoms with Gasteiger partial charge in [0.05, 0.1) is 11.6 Å². The molecule has 3 fully saturated rings. The highest BCUT2D eigenvalue weighted by Gasteiger charge is 2.55. The van der Waals surface area contributed by atoms with Crippen LogP contribution in [-0.4, -0.2) is 90.7 Å². The molecule has 2 saturated heterocycles. The zero-order valence-corrected chi connectivity index (χ0v) is 24.1. The van der Waals surface area contributed by atoms with Crippen LogP contribution in [0.5, 0.6) is 0 Å². The van der Waals surface area contributed by atoms with Crippen molar-refractivity contribution in [3.63, 3.8) is 0 Å². The first-order valence-corrected chi connectivity index (χ1v) is 15.1. The number of nitrogens with zero attached hydrogens (tertiary/aromatic N) is 4. The molecule has 0 N–H and O–H groups in total. The van der Waals surface area contributed by atoms with Crippen LogP contribution in [0.2, 0.25) is 15.1 Å². The molecule has 1 saturated carbocycles. The van der Waals surface area contributed by atoms with Crippen molar-refractivity contribution >= 4 is 56.6 Å². The van der Waals surface area contributed by atoms with Gasteiger partial charge < -0.3 is 9.80 Å². The lowest BCUT2D eigenvalue weighted by atomic mass is 9.88. The lowest BCUT2D eigenvalue weighted by Gasteiger charge is -2.56. The minimum Gasteiger partial charge on any atom is -0.334 e. The van der Waals surface area contributed by atoms with Gasteiger partial charge in [0.25, 0.3) is 0 Å². The summed E-state index contributed by atoms with van der Waals surface area (Å²) in [7, 11) is -0.709. The van der Waals surface area contributed by atoms with Crippen LogP contribution < -0.4 is 0 Å². The van der Waals surface area contributed by atoms with Crippen molar-refractivity contribution in [3.05, 3.63) is 63.1 Å². The quantitative estimate of drug-likeness (QED) is 0.506. The molecule has 3 aliphatic rings. The molecule has 0 spiro atoms. The van der Waals surface area contributed by atoms with Crippen molar-refractivity contribution in [1.29, 1.82) is 0 Å². The van der Waals surface area contributed by atoms with E-state index in [0.717, 1.165) is 24.8 Å². The number of hydrogen-bond acceptors (Lipinski definition) is 5. The lowest BCUT2D eigenvalue weighted by Crippen LogP contribution is -2.76. The Balaban J connectivity index is 1.61. The molecular formula is C26H29Cl3N4O4S. The first-order chi connectivity index (χ1) is 18.0. The average Bonchev–Trinajstić information content (AvgIpc) is 2.81. The maximum Gasteiger partial charge on any atom is 0.246 e. The molecule has 0 aromatic heterocycles. The summed E-state index contributed by atoms with van der Waals surface area (Å²) in [6.07, 6.45) is 2.10. The van der Waals surface area contributed by atoms with Crippen molar-refractivity contribution in [2.45, 2.75) is 54.9 Å². The van der Waals surface area contributed by atoms with Crippen LogP contribution in [0.3, 0.4) is 0 Å². The van der Waals surface area contributed by atoms with Gasteiger partial charge in [0.2, 0.25) is 21.8 Å². The summed E-state index contributed by atoms with van der Waals surface area (Å²) in [5.41, 5.74) is 0.830. The Labute approximate surface area is 238 Å². The van der Waals surface area contributed by atoms with Crippen molar-refractivity contribution < 1.29 is 18.0 Å². The maximum absolute atomic E-state index is 14.1. The van der Waals surface area contributed by atoms with E-state index in [1.807, 2.05) is 12.1 Å². The topological polar surface area (TPSA) is 81.2 Å². The van der Waals surface area contributed by atoms with Gasteiger partial charge in [-0.05, 0) is 69.3 Å². The van der Waals surface area contributed by atoms with E-state index >= 15 is 0 Å². The fraction of sp³-hybridized carbons (Fsp3) is 0.462. The van der Waals surface area contributed by atoms with E-state index in [2.05, 4.69) is 0 Å². The second-order valence-corrected chi connectivity index (χ2v) is 13.4. The van der Waals surface area contributed by atoms with Crippen molar-refractivity contribution in [2.75, 3.05) is 27.2 Å². The monoisotopic (exact) mass is 598 g/mol. The van der Waals surface area contributed by atoms with Gasteiger partial charge in [-0.2, -0.15) is 4.31 Å². The Morgan fingerprint density at radius 1 is 0.921 bits per heavy atom. The zero-order valence-electron chi connectivity index (χ0n) is 21.1. The Kier molecular flexibility index (Phi) is 7.72. The normalized spacial score (nSPS) is 25.1. The highest BCUT2D eigenvalue weighted by atomic mass is 35.5. The molecule has 3 atom stereocenters. The molecule has 38 heavy (non-hydrogen) atoms. The highest BCUT2D eigenvalue weighted by Crippen LogP contribution is 2.37. The molecule has 204 valence electrons. The first-order valence-electron chi connectivity index (χ1n) is 12.5. The lowest BCUT2D eigenvalue weighted by molar-refractivity contribution is -0.173. The van der Waals surface area contributed by atoms with Crippen LogP contribution in [0.15, 0.2) is 47.4 Å². The molecule has 0 radical (unpaired) electrons. The largest absolute Gasteiger partial charge is 0.334 e. The number of halogens is 3. The van der Waals surface area contributed by atoms with Crippen LogP contribution in [0, 0.1) is 0 Å². The van der Waals surface area contributed by atoms with E-state index < -0.39 is 28.3 Å². The van der Waals surface area contributed by atoms with Gasteiger partial charge >= 0.3 is 0 Å². The number of carbonyl (C=O) groups excluding carboxylic acids is 2. The summed E-state index contributed by atoms with van der Waals surface area (Å²) < 4.78 is 29.6. The van der Waals surface area contributed by atoms with Crippen LogP contribution >= 0.6 is 34.8 Å². The Morgan fingerprint density at radius 3 is 2.16 bits per heavy atom. The third kappa shape index (κ3) is 4.93. The van der Waals surface area contributed by atoms with E-state index in [-0.39, 0.29) is 47.3 Å². The predicted molar refractivity (Wildman–Crippen MR) is 147 cm³/mol. The number of rotatable bonds is 6. The van der Waals surface area contributed by atoms with E-state index in [4.69, 9.17) is 34.8 Å². The first kappa shape index (κ1) is 27.7. The van der Waals surface area contributed by atoms with E-state index in [0.29, 0.717) is 10.0 Å². The van der Waals surface area contributed by atoms with Crippen LogP contribution in [0.25, 0.3) is 0 Å². The summed E-state index contributed by atoms with van der Waals surface area (Å²) in [5, 5.41) is 0.886. The van der Waals surface area contributed by atoms with Gasteiger partial charge in [0.1, 0.15) is 23.1 Å². The van der Waals surface area contributed by atoms with Gasteiger partial charge in [0.15, 0.2) is 0 Å². The number of benzene rings is 2. The molecule has 0 bridgehead atoms. The smallest absolute Gasteiger partial charge is 0.246 e. The number of hydrogen-bond donors (Lipinski definition) is 0. The summed E-state index contributed by atoms with van der Waals surface area (Å²) in [4.78, 5) is 32.7. The van der Waals surface area contributed by atoms with Gasteiger partial charge in [-0.3, -0.25) is 14.5 Å². The molecule has 3 unspecified atom stereocenters. The third-order valence-electron chi connectivity index (χ3n) is 7.77. The van der Waals surface area contributed by atoms with E-state index in [1.54, 1.807) is 36.0 Å². The summed E-state index contributed by atoms with van der Waals surface area (Å²) >= 11 is 18.5. The summed E-state index contributed by atoms with van der Waals surface area (Å²) in [6.45, 7) is 0.0472. The van der Waals surface area contributed by atoms with Gasteiger partial charge in [-0.1, -0.05) is 46.9 Å². The molecule has 5 rings (SSSR count). The Bertz CT molecular complexity index is 1350. The number of piperazine rings is 1. The fourth-order valence-corrected chi connectivity index (χ4v) is 7.91.